The number of aryl methyl sites for hydroxylation is 1. The molecule has 0 spiro atoms. The molecule has 0 amide bonds. The molecule has 92 valence electrons. The average Bonchev–Trinajstić information content (AvgIpc) is 2.70. The maximum Gasteiger partial charge on any atom is 0.310 e. The summed E-state index contributed by atoms with van der Waals surface area (Å²) in [6.07, 6.45) is 1.81. The van der Waals surface area contributed by atoms with E-state index >= 15 is 0 Å². The minimum absolute atomic E-state index is 0.0395. The van der Waals surface area contributed by atoms with Crippen molar-refractivity contribution >= 4 is 11.8 Å². The minimum Gasteiger partial charge on any atom is -0.469 e. The highest BCUT2D eigenvalue weighted by Crippen LogP contribution is 2.27. The van der Waals surface area contributed by atoms with E-state index in [4.69, 9.17) is 4.74 Å². The van der Waals surface area contributed by atoms with Crippen molar-refractivity contribution in [1.82, 2.24) is 4.98 Å². The van der Waals surface area contributed by atoms with Crippen LogP contribution in [0.1, 0.15) is 12.5 Å². The van der Waals surface area contributed by atoms with Gasteiger partial charge in [-0.15, -0.1) is 0 Å². The summed E-state index contributed by atoms with van der Waals surface area (Å²) in [4.78, 5) is 18.1. The van der Waals surface area contributed by atoms with Crippen molar-refractivity contribution in [3.05, 3.63) is 23.9 Å². The van der Waals surface area contributed by atoms with Gasteiger partial charge in [0.15, 0.2) is 0 Å². The molecule has 1 aromatic rings. The SMILES string of the molecule is COC(=O)C1CN(c2cc(C)ccn2)CC1C. The number of carbonyl (C=O) groups excluding carboxylic acids is 1. The van der Waals surface area contributed by atoms with Crippen LogP contribution >= 0.6 is 0 Å². The molecule has 0 radical (unpaired) electrons. The van der Waals surface area contributed by atoms with Crippen molar-refractivity contribution in [1.29, 1.82) is 0 Å². The minimum atomic E-state index is -0.118. The van der Waals surface area contributed by atoms with Crippen LogP contribution in [0.3, 0.4) is 0 Å². The first-order valence-electron chi connectivity index (χ1n) is 5.87. The lowest BCUT2D eigenvalue weighted by Crippen LogP contribution is -2.24. The standard InChI is InChI=1S/C13H18N2O2/c1-9-4-5-14-12(6-9)15-7-10(2)11(8-15)13(16)17-3/h4-6,10-11H,7-8H2,1-3H3. The van der Waals surface area contributed by atoms with E-state index in [-0.39, 0.29) is 11.9 Å². The highest BCUT2D eigenvalue weighted by molar-refractivity contribution is 5.74. The molecule has 1 aromatic heterocycles. The monoisotopic (exact) mass is 234 g/mol. The number of pyridine rings is 1. The largest absolute Gasteiger partial charge is 0.469 e. The molecule has 0 saturated carbocycles. The summed E-state index contributed by atoms with van der Waals surface area (Å²) in [5, 5.41) is 0. The first-order valence-corrected chi connectivity index (χ1v) is 5.87. The summed E-state index contributed by atoms with van der Waals surface area (Å²) in [6.45, 7) is 5.68. The van der Waals surface area contributed by atoms with Gasteiger partial charge in [-0.2, -0.15) is 0 Å². The number of carbonyl (C=O) groups is 1. The number of hydrogen-bond donors (Lipinski definition) is 0. The maximum atomic E-state index is 11.6. The van der Waals surface area contributed by atoms with E-state index in [9.17, 15) is 4.79 Å². The Kier molecular flexibility index (Phi) is 3.31. The summed E-state index contributed by atoms with van der Waals surface area (Å²) < 4.78 is 4.83. The number of rotatable bonds is 2. The van der Waals surface area contributed by atoms with Crippen molar-refractivity contribution in [3.8, 4) is 0 Å². The molecule has 0 N–H and O–H groups in total. The van der Waals surface area contributed by atoms with E-state index in [1.165, 1.54) is 12.7 Å². The van der Waals surface area contributed by atoms with Crippen LogP contribution in [-0.2, 0) is 9.53 Å². The summed E-state index contributed by atoms with van der Waals surface area (Å²) in [5.74, 6) is 1.10. The summed E-state index contributed by atoms with van der Waals surface area (Å²) in [7, 11) is 1.45. The number of hydrogen-bond acceptors (Lipinski definition) is 4. The molecule has 2 rings (SSSR count). The van der Waals surface area contributed by atoms with Gasteiger partial charge in [-0.25, -0.2) is 4.98 Å². The van der Waals surface area contributed by atoms with E-state index in [1.54, 1.807) is 6.20 Å². The van der Waals surface area contributed by atoms with Crippen molar-refractivity contribution in [2.75, 3.05) is 25.1 Å². The van der Waals surface area contributed by atoms with Gasteiger partial charge in [0.1, 0.15) is 5.82 Å². The molecule has 4 heteroatoms. The second-order valence-electron chi connectivity index (χ2n) is 4.70. The Balaban J connectivity index is 2.13. The number of esters is 1. The van der Waals surface area contributed by atoms with Crippen LogP contribution in [0.5, 0.6) is 0 Å². The molecule has 0 aliphatic carbocycles. The lowest BCUT2D eigenvalue weighted by Gasteiger charge is -2.17. The summed E-state index contributed by atoms with van der Waals surface area (Å²) in [5.41, 5.74) is 1.18. The lowest BCUT2D eigenvalue weighted by molar-refractivity contribution is -0.145. The number of aromatic nitrogens is 1. The van der Waals surface area contributed by atoms with Gasteiger partial charge in [-0.1, -0.05) is 6.92 Å². The molecule has 1 aliphatic rings. The number of ether oxygens (including phenoxy) is 1. The zero-order chi connectivity index (χ0) is 12.4. The predicted octanol–water partition coefficient (Wildman–Crippen LogP) is 1.64. The second-order valence-corrected chi connectivity index (χ2v) is 4.70. The lowest BCUT2D eigenvalue weighted by atomic mass is 9.99. The molecule has 4 nitrogen and oxygen atoms in total. The fourth-order valence-electron chi connectivity index (χ4n) is 2.31. The molecule has 2 atom stereocenters. The highest BCUT2D eigenvalue weighted by atomic mass is 16.5. The van der Waals surface area contributed by atoms with Crippen molar-refractivity contribution in [3.63, 3.8) is 0 Å². The van der Waals surface area contributed by atoms with Crippen LogP contribution in [0.25, 0.3) is 0 Å². The van der Waals surface area contributed by atoms with Gasteiger partial charge in [0.05, 0.1) is 13.0 Å². The van der Waals surface area contributed by atoms with Crippen molar-refractivity contribution < 1.29 is 9.53 Å². The normalized spacial score (nSPS) is 23.8. The van der Waals surface area contributed by atoms with E-state index < -0.39 is 0 Å². The van der Waals surface area contributed by atoms with E-state index in [0.717, 1.165) is 12.4 Å². The van der Waals surface area contributed by atoms with Gasteiger partial charge in [0.2, 0.25) is 0 Å². The van der Waals surface area contributed by atoms with Gasteiger partial charge in [0, 0.05) is 19.3 Å². The third kappa shape index (κ3) is 2.40. The molecule has 1 saturated heterocycles. The maximum absolute atomic E-state index is 11.6. The quantitative estimate of drug-likeness (QED) is 0.729. The van der Waals surface area contributed by atoms with Gasteiger partial charge >= 0.3 is 5.97 Å². The summed E-state index contributed by atoms with van der Waals surface area (Å²) >= 11 is 0. The third-order valence-corrected chi connectivity index (χ3v) is 3.34. The van der Waals surface area contributed by atoms with Crippen LogP contribution in [-0.4, -0.2) is 31.2 Å². The molecule has 2 heterocycles. The zero-order valence-corrected chi connectivity index (χ0v) is 10.5. The Morgan fingerprint density at radius 3 is 2.94 bits per heavy atom. The van der Waals surface area contributed by atoms with E-state index in [2.05, 4.69) is 16.8 Å². The Hall–Kier alpha value is -1.58. The van der Waals surface area contributed by atoms with Gasteiger partial charge in [-0.05, 0) is 30.5 Å². The van der Waals surface area contributed by atoms with Crippen LogP contribution in [0.4, 0.5) is 5.82 Å². The van der Waals surface area contributed by atoms with Crippen molar-refractivity contribution in [2.24, 2.45) is 11.8 Å². The fourth-order valence-corrected chi connectivity index (χ4v) is 2.31. The molecule has 0 bridgehead atoms. The fraction of sp³-hybridized carbons (Fsp3) is 0.538. The molecular weight excluding hydrogens is 216 g/mol. The Bertz CT molecular complexity index is 420. The Morgan fingerprint density at radius 1 is 1.53 bits per heavy atom. The van der Waals surface area contributed by atoms with E-state index in [0.29, 0.717) is 12.5 Å². The Morgan fingerprint density at radius 2 is 2.29 bits per heavy atom. The molecular formula is C13H18N2O2. The smallest absolute Gasteiger partial charge is 0.310 e. The first kappa shape index (κ1) is 11.9. The van der Waals surface area contributed by atoms with Crippen LogP contribution in [0.15, 0.2) is 18.3 Å². The topological polar surface area (TPSA) is 42.4 Å². The third-order valence-electron chi connectivity index (χ3n) is 3.34. The first-order chi connectivity index (χ1) is 8.11. The van der Waals surface area contributed by atoms with Crippen molar-refractivity contribution in [2.45, 2.75) is 13.8 Å². The summed E-state index contributed by atoms with van der Waals surface area (Å²) in [6, 6.07) is 4.02. The van der Waals surface area contributed by atoms with Crippen LogP contribution in [0.2, 0.25) is 0 Å². The predicted molar refractivity (Wildman–Crippen MR) is 65.9 cm³/mol. The van der Waals surface area contributed by atoms with Crippen LogP contribution in [0, 0.1) is 18.8 Å². The second kappa shape index (κ2) is 4.73. The number of anilines is 1. The molecule has 1 aliphatic heterocycles. The van der Waals surface area contributed by atoms with Gasteiger partial charge < -0.3 is 9.64 Å². The highest BCUT2D eigenvalue weighted by Gasteiger charge is 2.36. The molecule has 17 heavy (non-hydrogen) atoms. The number of methoxy groups -OCH3 is 1. The van der Waals surface area contributed by atoms with Crippen LogP contribution < -0.4 is 4.90 Å². The number of nitrogens with zero attached hydrogens (tertiary/aromatic N) is 2. The van der Waals surface area contributed by atoms with Gasteiger partial charge in [-0.3, -0.25) is 4.79 Å². The molecule has 2 unspecified atom stereocenters. The molecule has 0 aromatic carbocycles. The average molecular weight is 234 g/mol. The zero-order valence-electron chi connectivity index (χ0n) is 10.5. The molecule has 1 fully saturated rings. The Labute approximate surface area is 102 Å². The van der Waals surface area contributed by atoms with Gasteiger partial charge in [0.25, 0.3) is 0 Å². The van der Waals surface area contributed by atoms with E-state index in [1.807, 2.05) is 19.1 Å².